The van der Waals surface area contributed by atoms with Crippen LogP contribution in [0, 0.1) is 10.1 Å². The van der Waals surface area contributed by atoms with Crippen LogP contribution in [-0.4, -0.2) is 16.9 Å². The molecule has 1 amide bonds. The Balaban J connectivity index is 2.07. The molecule has 0 unspecified atom stereocenters. The first kappa shape index (κ1) is 12.3. The summed E-state index contributed by atoms with van der Waals surface area (Å²) in [6.45, 7) is 0. The lowest BCUT2D eigenvalue weighted by molar-refractivity contribution is -0.384. The van der Waals surface area contributed by atoms with Gasteiger partial charge in [-0.3, -0.25) is 14.9 Å². The van der Waals surface area contributed by atoms with Gasteiger partial charge in [0, 0.05) is 23.6 Å². The van der Waals surface area contributed by atoms with Gasteiger partial charge in [-0.05, 0) is 25.0 Å². The fourth-order valence-electron chi connectivity index (χ4n) is 1.87. The summed E-state index contributed by atoms with van der Waals surface area (Å²) in [7, 11) is 0. The average Bonchev–Trinajstić information content (AvgIpc) is 3.21. The molecular weight excluding hydrogens is 264 g/mol. The van der Waals surface area contributed by atoms with E-state index in [0.717, 1.165) is 12.8 Å². The van der Waals surface area contributed by atoms with E-state index in [2.05, 4.69) is 5.32 Å². The van der Waals surface area contributed by atoms with Crippen LogP contribution in [0.2, 0.25) is 0 Å². The van der Waals surface area contributed by atoms with Crippen LogP contribution in [0.3, 0.4) is 0 Å². The Labute approximate surface area is 112 Å². The first-order chi connectivity index (χ1) is 9.54. The van der Waals surface area contributed by atoms with E-state index in [-0.39, 0.29) is 22.9 Å². The highest BCUT2D eigenvalue weighted by molar-refractivity contribution is 5.97. The third-order valence-corrected chi connectivity index (χ3v) is 3.08. The van der Waals surface area contributed by atoms with Gasteiger partial charge in [-0.15, -0.1) is 0 Å². The van der Waals surface area contributed by atoms with Gasteiger partial charge in [0.15, 0.2) is 0 Å². The number of rotatable bonds is 3. The number of nitro groups is 1. The van der Waals surface area contributed by atoms with Crippen LogP contribution in [0.15, 0.2) is 33.5 Å². The molecule has 0 atom stereocenters. The Bertz CT molecular complexity index is 776. The smallest absolute Gasteiger partial charge is 0.349 e. The van der Waals surface area contributed by atoms with Gasteiger partial charge in [0.05, 0.1) is 4.92 Å². The molecule has 3 rings (SSSR count). The molecule has 7 heteroatoms. The van der Waals surface area contributed by atoms with Crippen molar-refractivity contribution in [3.8, 4) is 0 Å². The van der Waals surface area contributed by atoms with Crippen LogP contribution in [0.1, 0.15) is 23.2 Å². The zero-order chi connectivity index (χ0) is 14.3. The molecular formula is C13H10N2O5. The minimum atomic E-state index is -0.746. The first-order valence-electron chi connectivity index (χ1n) is 6.08. The molecule has 1 N–H and O–H groups in total. The highest BCUT2D eigenvalue weighted by Crippen LogP contribution is 2.22. The van der Waals surface area contributed by atoms with Gasteiger partial charge in [0.1, 0.15) is 11.1 Å². The molecule has 1 aliphatic carbocycles. The largest absolute Gasteiger partial charge is 0.422 e. The van der Waals surface area contributed by atoms with Crippen LogP contribution in [0.5, 0.6) is 0 Å². The van der Waals surface area contributed by atoms with E-state index < -0.39 is 16.5 Å². The summed E-state index contributed by atoms with van der Waals surface area (Å²) in [5.74, 6) is -0.505. The minimum Gasteiger partial charge on any atom is -0.422 e. The van der Waals surface area contributed by atoms with Crippen molar-refractivity contribution >= 4 is 22.6 Å². The first-order valence-corrected chi connectivity index (χ1v) is 6.08. The molecule has 20 heavy (non-hydrogen) atoms. The number of amides is 1. The van der Waals surface area contributed by atoms with Crippen molar-refractivity contribution < 1.29 is 14.1 Å². The number of nitrogens with zero attached hydrogens (tertiary/aromatic N) is 1. The summed E-state index contributed by atoms with van der Waals surface area (Å²) < 4.78 is 5.01. The number of benzene rings is 1. The van der Waals surface area contributed by atoms with E-state index in [0.29, 0.717) is 5.39 Å². The van der Waals surface area contributed by atoms with Crippen LogP contribution in [0.25, 0.3) is 11.0 Å². The molecule has 0 radical (unpaired) electrons. The summed E-state index contributed by atoms with van der Waals surface area (Å²) in [4.78, 5) is 33.8. The van der Waals surface area contributed by atoms with E-state index in [1.165, 1.54) is 24.3 Å². The fourth-order valence-corrected chi connectivity index (χ4v) is 1.87. The van der Waals surface area contributed by atoms with Crippen LogP contribution in [-0.2, 0) is 0 Å². The number of carbonyl (C=O) groups is 1. The Morgan fingerprint density at radius 1 is 1.35 bits per heavy atom. The molecule has 1 saturated carbocycles. The number of non-ortho nitro benzene ring substituents is 1. The lowest BCUT2D eigenvalue weighted by Crippen LogP contribution is -2.29. The van der Waals surface area contributed by atoms with E-state index in [1.54, 1.807) is 0 Å². The Morgan fingerprint density at radius 2 is 2.10 bits per heavy atom. The Kier molecular flexibility index (Phi) is 2.74. The molecule has 2 aromatic rings. The summed E-state index contributed by atoms with van der Waals surface area (Å²) >= 11 is 0. The van der Waals surface area contributed by atoms with Crippen LogP contribution >= 0.6 is 0 Å². The summed E-state index contributed by atoms with van der Waals surface area (Å²) in [6.07, 6.45) is 1.80. The SMILES string of the molecule is O=C(NC1CC1)c1cc2cc([N+](=O)[O-])ccc2oc1=O. The van der Waals surface area contributed by atoms with Gasteiger partial charge in [-0.2, -0.15) is 0 Å². The second kappa shape index (κ2) is 4.44. The molecule has 0 bridgehead atoms. The standard InChI is InChI=1S/C13H10N2O5/c16-12(14-8-1-2-8)10-6-7-5-9(15(18)19)3-4-11(7)20-13(10)17/h3-6,8H,1-2H2,(H,14,16). The average molecular weight is 274 g/mol. The third-order valence-electron chi connectivity index (χ3n) is 3.08. The number of hydrogen-bond donors (Lipinski definition) is 1. The summed E-state index contributed by atoms with van der Waals surface area (Å²) in [6, 6.07) is 5.30. The quantitative estimate of drug-likeness (QED) is 0.520. The lowest BCUT2D eigenvalue weighted by Gasteiger charge is -2.03. The molecule has 1 aromatic heterocycles. The highest BCUT2D eigenvalue weighted by Gasteiger charge is 2.25. The molecule has 102 valence electrons. The zero-order valence-electron chi connectivity index (χ0n) is 10.3. The molecule has 1 aromatic carbocycles. The van der Waals surface area contributed by atoms with E-state index in [9.17, 15) is 19.7 Å². The molecule has 0 saturated heterocycles. The molecule has 1 heterocycles. The van der Waals surface area contributed by atoms with Crippen molar-refractivity contribution in [1.82, 2.24) is 5.32 Å². The normalized spacial score (nSPS) is 14.2. The number of fused-ring (bicyclic) bond motifs is 1. The topological polar surface area (TPSA) is 102 Å². The maximum atomic E-state index is 11.9. The zero-order valence-corrected chi connectivity index (χ0v) is 10.3. The van der Waals surface area contributed by atoms with Crippen LogP contribution < -0.4 is 10.9 Å². The van der Waals surface area contributed by atoms with Crippen molar-refractivity contribution in [3.05, 3.63) is 50.4 Å². The molecule has 7 nitrogen and oxygen atoms in total. The van der Waals surface area contributed by atoms with Gasteiger partial charge in [-0.1, -0.05) is 0 Å². The Morgan fingerprint density at radius 3 is 2.75 bits per heavy atom. The third kappa shape index (κ3) is 2.25. The van der Waals surface area contributed by atoms with Crippen molar-refractivity contribution in [1.29, 1.82) is 0 Å². The second-order valence-electron chi connectivity index (χ2n) is 4.67. The second-order valence-corrected chi connectivity index (χ2v) is 4.67. The van der Waals surface area contributed by atoms with E-state index in [4.69, 9.17) is 4.42 Å². The van der Waals surface area contributed by atoms with E-state index >= 15 is 0 Å². The minimum absolute atomic E-state index is 0.114. The maximum absolute atomic E-state index is 11.9. The van der Waals surface area contributed by atoms with Gasteiger partial charge >= 0.3 is 5.63 Å². The van der Waals surface area contributed by atoms with Crippen LogP contribution in [0.4, 0.5) is 5.69 Å². The number of carbonyl (C=O) groups excluding carboxylic acids is 1. The number of nitrogens with one attached hydrogen (secondary N) is 1. The van der Waals surface area contributed by atoms with Crippen molar-refractivity contribution in [2.24, 2.45) is 0 Å². The monoisotopic (exact) mass is 274 g/mol. The number of nitro benzene ring substituents is 1. The summed E-state index contributed by atoms with van der Waals surface area (Å²) in [5, 5.41) is 13.7. The molecule has 0 spiro atoms. The fraction of sp³-hybridized carbons (Fsp3) is 0.231. The summed E-state index contributed by atoms with van der Waals surface area (Å²) in [5.41, 5.74) is -0.794. The van der Waals surface area contributed by atoms with E-state index in [1.807, 2.05) is 0 Å². The maximum Gasteiger partial charge on any atom is 0.349 e. The Hall–Kier alpha value is -2.70. The van der Waals surface area contributed by atoms with Gasteiger partial charge in [0.25, 0.3) is 11.6 Å². The van der Waals surface area contributed by atoms with Gasteiger partial charge in [-0.25, -0.2) is 4.79 Å². The van der Waals surface area contributed by atoms with Gasteiger partial charge < -0.3 is 9.73 Å². The van der Waals surface area contributed by atoms with Gasteiger partial charge in [0.2, 0.25) is 0 Å². The van der Waals surface area contributed by atoms with Crippen molar-refractivity contribution in [2.75, 3.05) is 0 Å². The predicted molar refractivity (Wildman–Crippen MR) is 69.6 cm³/mol. The molecule has 1 aliphatic rings. The van der Waals surface area contributed by atoms with Crippen molar-refractivity contribution in [2.45, 2.75) is 18.9 Å². The molecule has 0 aliphatic heterocycles. The van der Waals surface area contributed by atoms with Crippen molar-refractivity contribution in [3.63, 3.8) is 0 Å². The highest BCUT2D eigenvalue weighted by atomic mass is 16.6. The molecule has 1 fully saturated rings. The number of hydrogen-bond acceptors (Lipinski definition) is 5. The predicted octanol–water partition coefficient (Wildman–Crippen LogP) is 1.59. The lowest BCUT2D eigenvalue weighted by atomic mass is 10.1.